The van der Waals surface area contributed by atoms with E-state index in [4.69, 9.17) is 0 Å². The summed E-state index contributed by atoms with van der Waals surface area (Å²) in [7, 11) is 0. The molecule has 30 heavy (non-hydrogen) atoms. The highest BCUT2D eigenvalue weighted by Gasteiger charge is 2.19. The number of nitrogens with one attached hydrogen (secondary N) is 1. The zero-order chi connectivity index (χ0) is 20.6. The molecule has 0 unspecified atom stereocenters. The highest BCUT2D eigenvalue weighted by molar-refractivity contribution is 6.05. The Morgan fingerprint density at radius 2 is 1.43 bits per heavy atom. The van der Waals surface area contributed by atoms with Crippen LogP contribution >= 0.6 is 0 Å². The van der Waals surface area contributed by atoms with E-state index in [2.05, 4.69) is 20.3 Å². The van der Waals surface area contributed by atoms with Crippen molar-refractivity contribution in [3.8, 4) is 0 Å². The predicted octanol–water partition coefficient (Wildman–Crippen LogP) is 4.33. The lowest BCUT2D eigenvalue weighted by Crippen LogP contribution is -2.30. The van der Waals surface area contributed by atoms with E-state index in [0.29, 0.717) is 24.6 Å². The molecular formula is C24H21N5O. The molecule has 2 aromatic carbocycles. The van der Waals surface area contributed by atoms with E-state index in [1.165, 1.54) is 0 Å². The molecule has 0 atom stereocenters. The molecule has 0 bridgehead atoms. The van der Waals surface area contributed by atoms with Crippen LogP contribution in [0.5, 0.6) is 0 Å². The fourth-order valence-corrected chi connectivity index (χ4v) is 3.02. The fraction of sp³-hybridized carbons (Fsp3) is 0.0833. The topological polar surface area (TPSA) is 71.0 Å². The molecular weight excluding hydrogens is 374 g/mol. The molecule has 6 heteroatoms. The van der Waals surface area contributed by atoms with Crippen molar-refractivity contribution in [3.63, 3.8) is 0 Å². The van der Waals surface area contributed by atoms with Crippen molar-refractivity contribution >= 4 is 17.5 Å². The Labute approximate surface area is 175 Å². The molecule has 0 fully saturated rings. The quantitative estimate of drug-likeness (QED) is 0.504. The first-order valence-corrected chi connectivity index (χ1v) is 9.65. The second kappa shape index (κ2) is 9.43. The van der Waals surface area contributed by atoms with Gasteiger partial charge in [0.25, 0.3) is 5.91 Å². The van der Waals surface area contributed by atoms with Gasteiger partial charge in [0.05, 0.1) is 12.1 Å². The molecule has 0 aliphatic heterocycles. The molecule has 0 aliphatic rings. The van der Waals surface area contributed by atoms with Gasteiger partial charge in [-0.05, 0) is 35.4 Å². The third-order valence-corrected chi connectivity index (χ3v) is 4.60. The summed E-state index contributed by atoms with van der Waals surface area (Å²) in [5.41, 5.74) is 3.38. The number of carbonyl (C=O) groups is 1. The molecule has 1 N–H and O–H groups in total. The molecule has 1 amide bonds. The lowest BCUT2D eigenvalue weighted by molar-refractivity contribution is 0.0984. The Kier molecular flexibility index (Phi) is 6.05. The Bertz CT molecular complexity index is 1070. The number of benzene rings is 2. The number of hydrogen-bond acceptors (Lipinski definition) is 5. The van der Waals surface area contributed by atoms with Crippen LogP contribution in [-0.4, -0.2) is 20.9 Å². The molecule has 0 radical (unpaired) electrons. The van der Waals surface area contributed by atoms with Crippen molar-refractivity contribution in [2.45, 2.75) is 13.1 Å². The monoisotopic (exact) mass is 395 g/mol. The van der Waals surface area contributed by atoms with Crippen molar-refractivity contribution < 1.29 is 4.79 Å². The SMILES string of the molecule is O=C(c1cnc(NCc2ccncc2)nc1)N(Cc1ccccc1)c1ccccc1. The Morgan fingerprint density at radius 1 is 0.800 bits per heavy atom. The van der Waals surface area contributed by atoms with Gasteiger partial charge in [-0.1, -0.05) is 48.5 Å². The van der Waals surface area contributed by atoms with Crippen LogP contribution in [0, 0.1) is 0 Å². The number of rotatable bonds is 7. The molecule has 4 aromatic rings. The standard InChI is InChI=1S/C24H21N5O/c30-23(21-16-27-24(28-17-21)26-15-19-11-13-25-14-12-19)29(22-9-5-2-6-10-22)18-20-7-3-1-4-8-20/h1-14,16-17H,15,18H2,(H,26,27,28). The Balaban J connectivity index is 1.51. The minimum atomic E-state index is -0.147. The van der Waals surface area contributed by atoms with Crippen LogP contribution < -0.4 is 10.2 Å². The predicted molar refractivity (Wildman–Crippen MR) is 117 cm³/mol. The van der Waals surface area contributed by atoms with E-state index in [0.717, 1.165) is 16.8 Å². The van der Waals surface area contributed by atoms with Crippen LogP contribution in [0.4, 0.5) is 11.6 Å². The summed E-state index contributed by atoms with van der Waals surface area (Å²) in [6, 6.07) is 23.4. The van der Waals surface area contributed by atoms with E-state index in [9.17, 15) is 4.79 Å². The zero-order valence-corrected chi connectivity index (χ0v) is 16.3. The molecule has 0 saturated carbocycles. The van der Waals surface area contributed by atoms with E-state index < -0.39 is 0 Å². The number of hydrogen-bond donors (Lipinski definition) is 1. The van der Waals surface area contributed by atoms with Crippen LogP contribution in [0.1, 0.15) is 21.5 Å². The number of carbonyl (C=O) groups excluding carboxylic acids is 1. The maximum atomic E-state index is 13.3. The summed E-state index contributed by atoms with van der Waals surface area (Å²) in [4.78, 5) is 27.6. The largest absolute Gasteiger partial charge is 0.350 e. The number of para-hydroxylation sites is 1. The van der Waals surface area contributed by atoms with Crippen molar-refractivity contribution in [1.82, 2.24) is 15.0 Å². The minimum Gasteiger partial charge on any atom is -0.350 e. The lowest BCUT2D eigenvalue weighted by atomic mass is 10.1. The highest BCUT2D eigenvalue weighted by Crippen LogP contribution is 2.20. The van der Waals surface area contributed by atoms with Crippen molar-refractivity contribution in [2.24, 2.45) is 0 Å². The van der Waals surface area contributed by atoms with Crippen molar-refractivity contribution in [1.29, 1.82) is 0 Å². The van der Waals surface area contributed by atoms with Gasteiger partial charge < -0.3 is 10.2 Å². The smallest absolute Gasteiger partial charge is 0.261 e. The third kappa shape index (κ3) is 4.86. The van der Waals surface area contributed by atoms with Gasteiger partial charge in [-0.15, -0.1) is 0 Å². The average Bonchev–Trinajstić information content (AvgIpc) is 2.83. The van der Waals surface area contributed by atoms with E-state index in [1.807, 2.05) is 72.8 Å². The van der Waals surface area contributed by atoms with E-state index >= 15 is 0 Å². The summed E-state index contributed by atoms with van der Waals surface area (Å²) in [6.07, 6.45) is 6.60. The van der Waals surface area contributed by atoms with Crippen LogP contribution in [0.15, 0.2) is 97.6 Å². The number of pyridine rings is 1. The molecule has 0 saturated heterocycles. The number of anilines is 2. The summed E-state index contributed by atoms with van der Waals surface area (Å²) >= 11 is 0. The fourth-order valence-electron chi connectivity index (χ4n) is 3.02. The van der Waals surface area contributed by atoms with Gasteiger partial charge in [0, 0.05) is 37.0 Å². The molecule has 2 aromatic heterocycles. The van der Waals surface area contributed by atoms with Gasteiger partial charge in [0.2, 0.25) is 5.95 Å². The second-order valence-electron chi connectivity index (χ2n) is 6.72. The summed E-state index contributed by atoms with van der Waals surface area (Å²) in [5.74, 6) is 0.323. The maximum absolute atomic E-state index is 13.3. The summed E-state index contributed by atoms with van der Waals surface area (Å²) in [5, 5.41) is 3.15. The normalized spacial score (nSPS) is 10.4. The van der Waals surface area contributed by atoms with E-state index in [1.54, 1.807) is 29.7 Å². The molecule has 148 valence electrons. The molecule has 4 rings (SSSR count). The lowest BCUT2D eigenvalue weighted by Gasteiger charge is -2.23. The zero-order valence-electron chi connectivity index (χ0n) is 16.3. The Hall–Kier alpha value is -4.06. The van der Waals surface area contributed by atoms with Crippen LogP contribution in [0.3, 0.4) is 0 Å². The Morgan fingerprint density at radius 3 is 2.10 bits per heavy atom. The van der Waals surface area contributed by atoms with Crippen LogP contribution in [0.25, 0.3) is 0 Å². The second-order valence-corrected chi connectivity index (χ2v) is 6.72. The van der Waals surface area contributed by atoms with E-state index in [-0.39, 0.29) is 5.91 Å². The molecule has 0 spiro atoms. The summed E-state index contributed by atoms with van der Waals surface area (Å²) in [6.45, 7) is 1.05. The third-order valence-electron chi connectivity index (χ3n) is 4.60. The van der Waals surface area contributed by atoms with Crippen molar-refractivity contribution in [2.75, 3.05) is 10.2 Å². The highest BCUT2D eigenvalue weighted by atomic mass is 16.2. The van der Waals surface area contributed by atoms with Crippen molar-refractivity contribution in [3.05, 3.63) is 114 Å². The number of nitrogens with zero attached hydrogens (tertiary/aromatic N) is 4. The molecule has 0 aliphatic carbocycles. The molecule has 2 heterocycles. The van der Waals surface area contributed by atoms with Crippen LogP contribution in [-0.2, 0) is 13.1 Å². The van der Waals surface area contributed by atoms with Gasteiger partial charge in [0.1, 0.15) is 0 Å². The maximum Gasteiger partial charge on any atom is 0.261 e. The van der Waals surface area contributed by atoms with Gasteiger partial charge >= 0.3 is 0 Å². The first-order chi connectivity index (χ1) is 14.8. The first-order valence-electron chi connectivity index (χ1n) is 9.65. The van der Waals surface area contributed by atoms with Gasteiger partial charge in [-0.2, -0.15) is 0 Å². The first kappa shape index (κ1) is 19.3. The molecule has 6 nitrogen and oxygen atoms in total. The summed E-state index contributed by atoms with van der Waals surface area (Å²) < 4.78 is 0. The van der Waals surface area contributed by atoms with Crippen LogP contribution in [0.2, 0.25) is 0 Å². The number of amides is 1. The van der Waals surface area contributed by atoms with Gasteiger partial charge in [-0.3, -0.25) is 9.78 Å². The van der Waals surface area contributed by atoms with Gasteiger partial charge in [0.15, 0.2) is 0 Å². The van der Waals surface area contributed by atoms with Gasteiger partial charge in [-0.25, -0.2) is 9.97 Å². The minimum absolute atomic E-state index is 0.147. The average molecular weight is 395 g/mol. The number of aromatic nitrogens is 3.